The lowest BCUT2D eigenvalue weighted by Crippen LogP contribution is -2.41. The van der Waals surface area contributed by atoms with Crippen molar-refractivity contribution in [2.24, 2.45) is 5.41 Å². The van der Waals surface area contributed by atoms with E-state index in [1.165, 1.54) is 0 Å². The SMILES string of the molecule is CCC(C)(C)C(Cc1ccc([N+](=O)[O-])cc1)NC. The molecule has 1 rings (SSSR count). The van der Waals surface area contributed by atoms with Crippen LogP contribution in [-0.2, 0) is 6.42 Å². The highest BCUT2D eigenvalue weighted by atomic mass is 16.6. The fourth-order valence-electron chi connectivity index (χ4n) is 2.00. The van der Waals surface area contributed by atoms with E-state index in [0.29, 0.717) is 6.04 Å². The molecule has 1 aromatic carbocycles. The van der Waals surface area contributed by atoms with Gasteiger partial charge in [-0.25, -0.2) is 0 Å². The number of non-ortho nitro benzene ring substituents is 1. The van der Waals surface area contributed by atoms with Crippen LogP contribution >= 0.6 is 0 Å². The molecular formula is C14H22N2O2. The molecule has 0 bridgehead atoms. The van der Waals surface area contributed by atoms with Crippen LogP contribution in [0.2, 0.25) is 0 Å². The number of nitrogens with zero attached hydrogens (tertiary/aromatic N) is 1. The number of hydrogen-bond donors (Lipinski definition) is 1. The zero-order valence-electron chi connectivity index (χ0n) is 11.6. The number of rotatable bonds is 6. The Labute approximate surface area is 109 Å². The first-order chi connectivity index (χ1) is 8.40. The van der Waals surface area contributed by atoms with Crippen LogP contribution in [0.15, 0.2) is 24.3 Å². The van der Waals surface area contributed by atoms with Gasteiger partial charge >= 0.3 is 0 Å². The molecular weight excluding hydrogens is 228 g/mol. The van der Waals surface area contributed by atoms with E-state index in [9.17, 15) is 10.1 Å². The average Bonchev–Trinajstić information content (AvgIpc) is 2.36. The van der Waals surface area contributed by atoms with Gasteiger partial charge in [-0.1, -0.05) is 32.9 Å². The summed E-state index contributed by atoms with van der Waals surface area (Å²) < 4.78 is 0. The molecule has 1 N–H and O–H groups in total. The lowest BCUT2D eigenvalue weighted by Gasteiger charge is -2.33. The Morgan fingerprint density at radius 2 is 1.89 bits per heavy atom. The van der Waals surface area contributed by atoms with Crippen molar-refractivity contribution in [3.63, 3.8) is 0 Å². The number of nitro groups is 1. The Hall–Kier alpha value is -1.42. The van der Waals surface area contributed by atoms with Crippen LogP contribution in [0, 0.1) is 15.5 Å². The zero-order chi connectivity index (χ0) is 13.8. The maximum atomic E-state index is 10.6. The molecule has 0 aliphatic heterocycles. The minimum atomic E-state index is -0.366. The molecule has 0 radical (unpaired) electrons. The second-order valence-corrected chi connectivity index (χ2v) is 5.31. The summed E-state index contributed by atoms with van der Waals surface area (Å²) in [6.45, 7) is 6.65. The number of hydrogen-bond acceptors (Lipinski definition) is 3. The third kappa shape index (κ3) is 3.53. The molecule has 1 unspecified atom stereocenters. The number of benzene rings is 1. The van der Waals surface area contributed by atoms with Crippen molar-refractivity contribution in [1.29, 1.82) is 0 Å². The molecule has 0 amide bonds. The van der Waals surface area contributed by atoms with Gasteiger partial charge in [-0.15, -0.1) is 0 Å². The highest BCUT2D eigenvalue weighted by Gasteiger charge is 2.26. The van der Waals surface area contributed by atoms with Gasteiger partial charge in [0.1, 0.15) is 0 Å². The standard InChI is InChI=1S/C14H22N2O2/c1-5-14(2,3)13(15-4)10-11-6-8-12(9-7-11)16(17)18/h6-9,13,15H,5,10H2,1-4H3. The Kier molecular flexibility index (Phi) is 4.84. The topological polar surface area (TPSA) is 55.2 Å². The van der Waals surface area contributed by atoms with Gasteiger partial charge < -0.3 is 5.32 Å². The molecule has 4 heteroatoms. The molecule has 1 aromatic rings. The Morgan fingerprint density at radius 1 is 1.33 bits per heavy atom. The minimum absolute atomic E-state index is 0.148. The summed E-state index contributed by atoms with van der Waals surface area (Å²) in [5.74, 6) is 0. The van der Waals surface area contributed by atoms with Crippen molar-refractivity contribution >= 4 is 5.69 Å². The van der Waals surface area contributed by atoms with Crippen molar-refractivity contribution < 1.29 is 4.92 Å². The van der Waals surface area contributed by atoms with E-state index in [-0.39, 0.29) is 16.0 Å². The third-order valence-electron chi connectivity index (χ3n) is 3.79. The normalized spacial score (nSPS) is 13.3. The van der Waals surface area contributed by atoms with E-state index < -0.39 is 0 Å². The van der Waals surface area contributed by atoms with E-state index in [1.807, 2.05) is 19.2 Å². The summed E-state index contributed by atoms with van der Waals surface area (Å²) in [6, 6.07) is 7.19. The maximum Gasteiger partial charge on any atom is 0.269 e. The van der Waals surface area contributed by atoms with Crippen LogP contribution < -0.4 is 5.32 Å². The summed E-state index contributed by atoms with van der Waals surface area (Å²) in [5.41, 5.74) is 1.48. The van der Waals surface area contributed by atoms with Gasteiger partial charge in [0, 0.05) is 18.2 Å². The molecule has 100 valence electrons. The fourth-order valence-corrected chi connectivity index (χ4v) is 2.00. The summed E-state index contributed by atoms with van der Waals surface area (Å²) >= 11 is 0. The highest BCUT2D eigenvalue weighted by molar-refractivity contribution is 5.33. The Bertz CT molecular complexity index is 399. The van der Waals surface area contributed by atoms with Gasteiger partial charge in [-0.2, -0.15) is 0 Å². The Balaban J connectivity index is 2.80. The number of likely N-dealkylation sites (N-methyl/N-ethyl adjacent to an activating group) is 1. The first kappa shape index (κ1) is 14.6. The van der Waals surface area contributed by atoms with Crippen molar-refractivity contribution in [2.75, 3.05) is 7.05 Å². The second-order valence-electron chi connectivity index (χ2n) is 5.31. The molecule has 4 nitrogen and oxygen atoms in total. The van der Waals surface area contributed by atoms with Crippen molar-refractivity contribution in [1.82, 2.24) is 5.32 Å². The van der Waals surface area contributed by atoms with E-state index in [4.69, 9.17) is 0 Å². The lowest BCUT2D eigenvalue weighted by atomic mass is 9.79. The van der Waals surface area contributed by atoms with Gasteiger partial charge in [-0.3, -0.25) is 10.1 Å². The average molecular weight is 250 g/mol. The van der Waals surface area contributed by atoms with Gasteiger partial charge in [0.25, 0.3) is 5.69 Å². The van der Waals surface area contributed by atoms with E-state index in [2.05, 4.69) is 26.1 Å². The molecule has 0 heterocycles. The first-order valence-corrected chi connectivity index (χ1v) is 6.31. The van der Waals surface area contributed by atoms with Gasteiger partial charge in [0.15, 0.2) is 0 Å². The van der Waals surface area contributed by atoms with Gasteiger partial charge in [-0.05, 0) is 30.9 Å². The van der Waals surface area contributed by atoms with E-state index >= 15 is 0 Å². The molecule has 0 aliphatic rings. The maximum absolute atomic E-state index is 10.6. The first-order valence-electron chi connectivity index (χ1n) is 6.31. The molecule has 18 heavy (non-hydrogen) atoms. The smallest absolute Gasteiger partial charge is 0.269 e. The van der Waals surface area contributed by atoms with Crippen molar-refractivity contribution in [3.05, 3.63) is 39.9 Å². The van der Waals surface area contributed by atoms with Crippen LogP contribution in [0.3, 0.4) is 0 Å². The van der Waals surface area contributed by atoms with Crippen LogP contribution in [0.25, 0.3) is 0 Å². The number of nitro benzene ring substituents is 1. The van der Waals surface area contributed by atoms with Crippen LogP contribution in [0.1, 0.15) is 32.8 Å². The molecule has 0 aromatic heterocycles. The molecule has 0 aliphatic carbocycles. The lowest BCUT2D eigenvalue weighted by molar-refractivity contribution is -0.384. The van der Waals surface area contributed by atoms with Crippen LogP contribution in [0.5, 0.6) is 0 Å². The van der Waals surface area contributed by atoms with Gasteiger partial charge in [0.05, 0.1) is 4.92 Å². The quantitative estimate of drug-likeness (QED) is 0.623. The zero-order valence-corrected chi connectivity index (χ0v) is 11.6. The summed E-state index contributed by atoms with van der Waals surface area (Å²) in [4.78, 5) is 10.2. The van der Waals surface area contributed by atoms with Crippen LogP contribution in [-0.4, -0.2) is 18.0 Å². The molecule has 0 spiro atoms. The predicted molar refractivity (Wildman–Crippen MR) is 73.7 cm³/mol. The Morgan fingerprint density at radius 3 is 2.28 bits per heavy atom. The molecule has 0 fully saturated rings. The second kappa shape index (κ2) is 5.96. The third-order valence-corrected chi connectivity index (χ3v) is 3.79. The van der Waals surface area contributed by atoms with Crippen molar-refractivity contribution in [3.8, 4) is 0 Å². The van der Waals surface area contributed by atoms with Gasteiger partial charge in [0.2, 0.25) is 0 Å². The molecule has 1 atom stereocenters. The largest absolute Gasteiger partial charge is 0.316 e. The summed E-state index contributed by atoms with van der Waals surface area (Å²) in [6.07, 6.45) is 1.97. The molecule has 0 saturated carbocycles. The highest BCUT2D eigenvalue weighted by Crippen LogP contribution is 2.27. The molecule has 0 saturated heterocycles. The van der Waals surface area contributed by atoms with Crippen molar-refractivity contribution in [2.45, 2.75) is 39.7 Å². The fraction of sp³-hybridized carbons (Fsp3) is 0.571. The summed E-state index contributed by atoms with van der Waals surface area (Å²) in [5, 5.41) is 13.9. The van der Waals surface area contributed by atoms with E-state index in [0.717, 1.165) is 18.4 Å². The summed E-state index contributed by atoms with van der Waals surface area (Å²) in [7, 11) is 1.97. The van der Waals surface area contributed by atoms with E-state index in [1.54, 1.807) is 12.1 Å². The monoisotopic (exact) mass is 250 g/mol. The minimum Gasteiger partial charge on any atom is -0.316 e. The van der Waals surface area contributed by atoms with Crippen LogP contribution in [0.4, 0.5) is 5.69 Å². The number of nitrogens with one attached hydrogen (secondary N) is 1. The predicted octanol–water partition coefficient (Wildman–Crippen LogP) is 3.16.